The van der Waals surface area contributed by atoms with E-state index in [0.29, 0.717) is 0 Å². The zero-order chi connectivity index (χ0) is 12.4. The van der Waals surface area contributed by atoms with Gasteiger partial charge < -0.3 is 4.98 Å². The van der Waals surface area contributed by atoms with Gasteiger partial charge in [0.15, 0.2) is 0 Å². The van der Waals surface area contributed by atoms with E-state index < -0.39 is 0 Å². The van der Waals surface area contributed by atoms with E-state index in [-0.39, 0.29) is 0 Å². The van der Waals surface area contributed by atoms with Gasteiger partial charge in [-0.15, -0.1) is 12.6 Å². The molecule has 0 bridgehead atoms. The Kier molecular flexibility index (Phi) is 2.90. The average Bonchev–Trinajstić information content (AvgIpc) is 2.83. The molecule has 88 valence electrons. The lowest BCUT2D eigenvalue weighted by molar-refractivity contribution is 1.21. The van der Waals surface area contributed by atoms with Crippen molar-refractivity contribution in [3.05, 3.63) is 60.7 Å². The van der Waals surface area contributed by atoms with Crippen LogP contribution in [-0.2, 0) is 0 Å². The second-order valence-corrected chi connectivity index (χ2v) is 4.44. The average molecular weight is 252 g/mol. The van der Waals surface area contributed by atoms with Crippen molar-refractivity contribution in [3.63, 3.8) is 0 Å². The molecule has 1 aromatic heterocycles. The molecule has 2 nitrogen and oxygen atoms in total. The molecule has 3 aromatic rings. The zero-order valence-electron chi connectivity index (χ0n) is 9.67. The summed E-state index contributed by atoms with van der Waals surface area (Å²) in [6.45, 7) is 0. The van der Waals surface area contributed by atoms with Gasteiger partial charge in [0.1, 0.15) is 10.9 Å². The predicted octanol–water partition coefficient (Wildman–Crippen LogP) is 4.03. The Labute approximate surface area is 111 Å². The lowest BCUT2D eigenvalue weighted by Gasteiger charge is -1.97. The highest BCUT2D eigenvalue weighted by atomic mass is 32.1. The van der Waals surface area contributed by atoms with Crippen molar-refractivity contribution in [2.24, 2.45) is 0 Å². The van der Waals surface area contributed by atoms with Crippen LogP contribution >= 0.6 is 12.6 Å². The van der Waals surface area contributed by atoms with Crippen LogP contribution in [0, 0.1) is 0 Å². The highest BCUT2D eigenvalue weighted by molar-refractivity contribution is 7.80. The van der Waals surface area contributed by atoms with Crippen LogP contribution < -0.4 is 0 Å². The van der Waals surface area contributed by atoms with E-state index in [0.717, 1.165) is 27.7 Å². The molecule has 0 spiro atoms. The summed E-state index contributed by atoms with van der Waals surface area (Å²) in [5.74, 6) is 0.847. The zero-order valence-corrected chi connectivity index (χ0v) is 10.6. The van der Waals surface area contributed by atoms with E-state index in [1.54, 1.807) is 0 Å². The maximum absolute atomic E-state index is 4.47. The molecule has 0 saturated heterocycles. The van der Waals surface area contributed by atoms with Crippen LogP contribution in [-0.4, -0.2) is 9.97 Å². The number of hydrogen-bond acceptors (Lipinski definition) is 2. The monoisotopic (exact) mass is 252 g/mol. The van der Waals surface area contributed by atoms with Gasteiger partial charge in [-0.05, 0) is 0 Å². The fourth-order valence-electron chi connectivity index (χ4n) is 1.90. The third-order valence-corrected chi connectivity index (χ3v) is 3.12. The molecule has 0 atom stereocenters. The Morgan fingerprint density at radius 1 is 0.778 bits per heavy atom. The summed E-state index contributed by atoms with van der Waals surface area (Å²) < 4.78 is 0. The Morgan fingerprint density at radius 2 is 1.33 bits per heavy atom. The quantitative estimate of drug-likeness (QED) is 0.662. The number of aromatic nitrogens is 2. The molecule has 18 heavy (non-hydrogen) atoms. The number of hydrogen-bond donors (Lipinski definition) is 2. The Hall–Kier alpha value is -2.00. The third-order valence-electron chi connectivity index (χ3n) is 2.79. The van der Waals surface area contributed by atoms with Gasteiger partial charge in [-0.25, -0.2) is 4.98 Å². The van der Waals surface area contributed by atoms with Crippen molar-refractivity contribution < 1.29 is 0 Å². The molecule has 0 aliphatic rings. The van der Waals surface area contributed by atoms with Crippen LogP contribution in [0.1, 0.15) is 0 Å². The third kappa shape index (κ3) is 2.05. The SMILES string of the molecule is Sc1nc(-c2ccccc2)[nH]c1-c1ccccc1. The summed E-state index contributed by atoms with van der Waals surface area (Å²) in [6, 6.07) is 20.1. The number of aromatic amines is 1. The summed E-state index contributed by atoms with van der Waals surface area (Å²) in [6.07, 6.45) is 0. The van der Waals surface area contributed by atoms with E-state index >= 15 is 0 Å². The number of imidazole rings is 1. The first-order chi connectivity index (χ1) is 8.84. The van der Waals surface area contributed by atoms with Gasteiger partial charge in [-0.1, -0.05) is 60.7 Å². The molecule has 0 fully saturated rings. The van der Waals surface area contributed by atoms with E-state index in [1.165, 1.54) is 0 Å². The maximum atomic E-state index is 4.47. The second-order valence-electron chi connectivity index (χ2n) is 4.02. The summed E-state index contributed by atoms with van der Waals surface area (Å²) >= 11 is 4.44. The van der Waals surface area contributed by atoms with E-state index in [2.05, 4.69) is 22.6 Å². The Balaban J connectivity index is 2.07. The number of thiol groups is 1. The number of nitrogens with zero attached hydrogens (tertiary/aromatic N) is 1. The Bertz CT molecular complexity index is 645. The van der Waals surface area contributed by atoms with Crippen LogP contribution in [0.15, 0.2) is 65.7 Å². The predicted molar refractivity (Wildman–Crippen MR) is 76.7 cm³/mol. The van der Waals surface area contributed by atoms with Crippen molar-refractivity contribution in [1.82, 2.24) is 9.97 Å². The topological polar surface area (TPSA) is 28.7 Å². The molecule has 0 aliphatic carbocycles. The number of benzene rings is 2. The molecular weight excluding hydrogens is 240 g/mol. The molecule has 0 saturated carbocycles. The summed E-state index contributed by atoms with van der Waals surface area (Å²) in [5, 5.41) is 0.722. The van der Waals surface area contributed by atoms with Crippen molar-refractivity contribution in [2.75, 3.05) is 0 Å². The molecule has 2 aromatic carbocycles. The first kappa shape index (κ1) is 11.1. The van der Waals surface area contributed by atoms with Crippen molar-refractivity contribution >= 4 is 12.6 Å². The summed E-state index contributed by atoms with van der Waals surface area (Å²) in [7, 11) is 0. The van der Waals surface area contributed by atoms with Gasteiger partial charge in [0, 0.05) is 11.1 Å². The maximum Gasteiger partial charge on any atom is 0.139 e. The molecule has 3 rings (SSSR count). The fraction of sp³-hybridized carbons (Fsp3) is 0. The highest BCUT2D eigenvalue weighted by Crippen LogP contribution is 2.27. The summed E-state index contributed by atoms with van der Waals surface area (Å²) in [5.41, 5.74) is 3.12. The van der Waals surface area contributed by atoms with Crippen molar-refractivity contribution in [2.45, 2.75) is 5.03 Å². The molecule has 3 heteroatoms. The van der Waals surface area contributed by atoms with Crippen LogP contribution in [0.5, 0.6) is 0 Å². The molecular formula is C15H12N2S. The standard InChI is InChI=1S/C15H12N2S/c18-15-13(11-7-3-1-4-8-11)16-14(17-15)12-9-5-2-6-10-12/h1-10,18H,(H,16,17). The molecule has 0 unspecified atom stereocenters. The minimum absolute atomic E-state index is 0.722. The smallest absolute Gasteiger partial charge is 0.139 e. The van der Waals surface area contributed by atoms with Crippen LogP contribution in [0.3, 0.4) is 0 Å². The fourth-order valence-corrected chi connectivity index (χ4v) is 2.19. The van der Waals surface area contributed by atoms with Gasteiger partial charge in [0.05, 0.1) is 5.69 Å². The first-order valence-electron chi connectivity index (χ1n) is 5.74. The van der Waals surface area contributed by atoms with Crippen molar-refractivity contribution in [3.8, 4) is 22.6 Å². The highest BCUT2D eigenvalue weighted by Gasteiger charge is 2.09. The van der Waals surface area contributed by atoms with Crippen LogP contribution in [0.4, 0.5) is 0 Å². The van der Waals surface area contributed by atoms with E-state index in [1.807, 2.05) is 60.7 Å². The molecule has 0 radical (unpaired) electrons. The summed E-state index contributed by atoms with van der Waals surface area (Å²) in [4.78, 5) is 7.79. The van der Waals surface area contributed by atoms with Gasteiger partial charge in [0.2, 0.25) is 0 Å². The first-order valence-corrected chi connectivity index (χ1v) is 6.19. The van der Waals surface area contributed by atoms with Crippen LogP contribution in [0.2, 0.25) is 0 Å². The molecule has 1 heterocycles. The molecule has 0 aliphatic heterocycles. The van der Waals surface area contributed by atoms with E-state index in [9.17, 15) is 0 Å². The minimum atomic E-state index is 0.722. The lowest BCUT2D eigenvalue weighted by atomic mass is 10.2. The van der Waals surface area contributed by atoms with Gasteiger partial charge in [-0.2, -0.15) is 0 Å². The number of rotatable bonds is 2. The largest absolute Gasteiger partial charge is 0.337 e. The van der Waals surface area contributed by atoms with Gasteiger partial charge in [-0.3, -0.25) is 0 Å². The van der Waals surface area contributed by atoms with Gasteiger partial charge >= 0.3 is 0 Å². The molecule has 1 N–H and O–H groups in total. The second kappa shape index (κ2) is 4.70. The van der Waals surface area contributed by atoms with Gasteiger partial charge in [0.25, 0.3) is 0 Å². The van der Waals surface area contributed by atoms with E-state index in [4.69, 9.17) is 0 Å². The number of nitrogens with one attached hydrogen (secondary N) is 1. The Morgan fingerprint density at radius 3 is 1.94 bits per heavy atom. The molecule has 0 amide bonds. The lowest BCUT2D eigenvalue weighted by Crippen LogP contribution is -1.80. The minimum Gasteiger partial charge on any atom is -0.337 e. The van der Waals surface area contributed by atoms with Crippen molar-refractivity contribution in [1.29, 1.82) is 0 Å². The number of H-pyrrole nitrogens is 1. The normalized spacial score (nSPS) is 10.5. The van der Waals surface area contributed by atoms with Crippen LogP contribution in [0.25, 0.3) is 22.6 Å².